The van der Waals surface area contributed by atoms with Crippen LogP contribution in [0.4, 0.5) is 5.69 Å². The Balaban J connectivity index is 1.55. The number of nitrogens with zero attached hydrogens (tertiary/aromatic N) is 1. The standard InChI is InChI=1S/C25H25NO2/c27-20-26(25(17-7-8-18-25)22-11-5-2-6-12-22)23-13-15-24(16-14-23)28-19-21-9-3-1-4-10-21/h1-6,9-16,20H,7-8,17-19H2. The van der Waals surface area contributed by atoms with Crippen molar-refractivity contribution in [3.05, 3.63) is 96.1 Å². The van der Waals surface area contributed by atoms with E-state index in [0.717, 1.165) is 49.1 Å². The molecule has 28 heavy (non-hydrogen) atoms. The lowest BCUT2D eigenvalue weighted by Crippen LogP contribution is -2.43. The first-order valence-corrected chi connectivity index (χ1v) is 9.89. The molecule has 0 N–H and O–H groups in total. The number of hydrogen-bond acceptors (Lipinski definition) is 2. The minimum absolute atomic E-state index is 0.255. The molecule has 1 amide bonds. The molecule has 1 saturated carbocycles. The zero-order valence-corrected chi connectivity index (χ0v) is 16.0. The van der Waals surface area contributed by atoms with Crippen LogP contribution in [0, 0.1) is 0 Å². The molecule has 1 aliphatic carbocycles. The third kappa shape index (κ3) is 3.65. The molecule has 0 spiro atoms. The van der Waals surface area contributed by atoms with Crippen molar-refractivity contribution in [3.63, 3.8) is 0 Å². The summed E-state index contributed by atoms with van der Waals surface area (Å²) in [5, 5.41) is 0. The summed E-state index contributed by atoms with van der Waals surface area (Å²) >= 11 is 0. The van der Waals surface area contributed by atoms with Crippen molar-refractivity contribution < 1.29 is 9.53 Å². The number of carbonyl (C=O) groups excluding carboxylic acids is 1. The molecule has 1 aliphatic rings. The van der Waals surface area contributed by atoms with Gasteiger partial charge >= 0.3 is 0 Å². The number of benzene rings is 3. The van der Waals surface area contributed by atoms with Crippen LogP contribution in [0.1, 0.15) is 36.8 Å². The Kier molecular flexibility index (Phi) is 5.43. The van der Waals surface area contributed by atoms with Gasteiger partial charge in [-0.15, -0.1) is 0 Å². The Morgan fingerprint density at radius 2 is 1.43 bits per heavy atom. The van der Waals surface area contributed by atoms with E-state index in [1.807, 2.05) is 65.6 Å². The van der Waals surface area contributed by atoms with E-state index in [9.17, 15) is 4.79 Å². The van der Waals surface area contributed by atoms with E-state index in [1.54, 1.807) is 0 Å². The van der Waals surface area contributed by atoms with Gasteiger partial charge in [0.05, 0.1) is 5.54 Å². The number of carbonyl (C=O) groups is 1. The van der Waals surface area contributed by atoms with E-state index in [0.29, 0.717) is 6.61 Å². The van der Waals surface area contributed by atoms with Crippen LogP contribution < -0.4 is 9.64 Å². The lowest BCUT2D eigenvalue weighted by atomic mass is 9.86. The molecule has 0 aromatic heterocycles. The Hall–Kier alpha value is -3.07. The Labute approximate surface area is 166 Å². The summed E-state index contributed by atoms with van der Waals surface area (Å²) in [6.07, 6.45) is 5.23. The second-order valence-corrected chi connectivity index (χ2v) is 7.35. The molecule has 0 aliphatic heterocycles. The summed E-state index contributed by atoms with van der Waals surface area (Å²) in [6.45, 7) is 0.533. The molecule has 0 radical (unpaired) electrons. The van der Waals surface area contributed by atoms with Gasteiger partial charge in [0.2, 0.25) is 6.41 Å². The fourth-order valence-corrected chi connectivity index (χ4v) is 4.23. The molecule has 0 atom stereocenters. The van der Waals surface area contributed by atoms with Gasteiger partial charge in [-0.3, -0.25) is 4.79 Å². The third-order valence-corrected chi connectivity index (χ3v) is 5.67. The lowest BCUT2D eigenvalue weighted by Gasteiger charge is -2.39. The van der Waals surface area contributed by atoms with Crippen LogP contribution in [0.2, 0.25) is 0 Å². The minimum Gasteiger partial charge on any atom is -0.489 e. The van der Waals surface area contributed by atoms with Crippen molar-refractivity contribution >= 4 is 12.1 Å². The maximum Gasteiger partial charge on any atom is 0.214 e. The smallest absolute Gasteiger partial charge is 0.214 e. The molecule has 0 bridgehead atoms. The fourth-order valence-electron chi connectivity index (χ4n) is 4.23. The largest absolute Gasteiger partial charge is 0.489 e. The molecule has 4 rings (SSSR count). The van der Waals surface area contributed by atoms with Gasteiger partial charge in [0, 0.05) is 5.69 Å². The molecule has 1 fully saturated rings. The van der Waals surface area contributed by atoms with Crippen LogP contribution in [-0.2, 0) is 16.9 Å². The first-order chi connectivity index (χ1) is 13.8. The molecule has 3 heteroatoms. The first kappa shape index (κ1) is 18.3. The monoisotopic (exact) mass is 371 g/mol. The van der Waals surface area contributed by atoms with Gasteiger partial charge in [0.1, 0.15) is 12.4 Å². The van der Waals surface area contributed by atoms with Crippen LogP contribution in [-0.4, -0.2) is 6.41 Å². The number of ether oxygens (including phenoxy) is 1. The predicted octanol–water partition coefficient (Wildman–Crippen LogP) is 5.70. The molecule has 0 heterocycles. The molecule has 3 nitrogen and oxygen atoms in total. The van der Waals surface area contributed by atoms with Crippen LogP contribution in [0.25, 0.3) is 0 Å². The van der Waals surface area contributed by atoms with Crippen LogP contribution in [0.15, 0.2) is 84.9 Å². The average Bonchev–Trinajstić information content (AvgIpc) is 3.26. The summed E-state index contributed by atoms with van der Waals surface area (Å²) in [5.41, 5.74) is 3.00. The quantitative estimate of drug-likeness (QED) is 0.499. The topological polar surface area (TPSA) is 29.5 Å². The minimum atomic E-state index is -0.255. The molecular formula is C25H25NO2. The van der Waals surface area contributed by atoms with Crippen molar-refractivity contribution in [1.29, 1.82) is 0 Å². The van der Waals surface area contributed by atoms with Gasteiger partial charge in [-0.25, -0.2) is 0 Å². The summed E-state index contributed by atoms with van der Waals surface area (Å²) in [5.74, 6) is 0.804. The first-order valence-electron chi connectivity index (χ1n) is 9.89. The van der Waals surface area contributed by atoms with Crippen molar-refractivity contribution in [2.24, 2.45) is 0 Å². The predicted molar refractivity (Wildman–Crippen MR) is 112 cm³/mol. The van der Waals surface area contributed by atoms with E-state index in [4.69, 9.17) is 4.74 Å². The van der Waals surface area contributed by atoms with E-state index >= 15 is 0 Å². The average molecular weight is 371 g/mol. The highest BCUT2D eigenvalue weighted by molar-refractivity contribution is 5.78. The van der Waals surface area contributed by atoms with Crippen LogP contribution in [0.3, 0.4) is 0 Å². The summed E-state index contributed by atoms with van der Waals surface area (Å²) in [7, 11) is 0. The zero-order chi connectivity index (χ0) is 19.2. The Morgan fingerprint density at radius 1 is 0.821 bits per heavy atom. The SMILES string of the molecule is O=CN(c1ccc(OCc2ccccc2)cc1)C1(c2ccccc2)CCCC1. The lowest BCUT2D eigenvalue weighted by molar-refractivity contribution is -0.108. The van der Waals surface area contributed by atoms with Crippen LogP contribution in [0.5, 0.6) is 5.75 Å². The highest BCUT2D eigenvalue weighted by atomic mass is 16.5. The summed E-state index contributed by atoms with van der Waals surface area (Å²) in [4.78, 5) is 14.1. The molecule has 0 saturated heterocycles. The number of hydrogen-bond donors (Lipinski definition) is 0. The Bertz CT molecular complexity index is 885. The van der Waals surface area contributed by atoms with Gasteiger partial charge < -0.3 is 9.64 Å². The second kappa shape index (κ2) is 8.30. The van der Waals surface area contributed by atoms with E-state index in [2.05, 4.69) is 24.3 Å². The van der Waals surface area contributed by atoms with Crippen molar-refractivity contribution in [1.82, 2.24) is 0 Å². The molecule has 142 valence electrons. The van der Waals surface area contributed by atoms with Crippen molar-refractivity contribution in [2.45, 2.75) is 37.8 Å². The molecular weight excluding hydrogens is 346 g/mol. The third-order valence-electron chi connectivity index (χ3n) is 5.67. The van der Waals surface area contributed by atoms with Gasteiger partial charge in [-0.2, -0.15) is 0 Å². The van der Waals surface area contributed by atoms with E-state index in [1.165, 1.54) is 5.56 Å². The van der Waals surface area contributed by atoms with Crippen molar-refractivity contribution in [2.75, 3.05) is 4.90 Å². The van der Waals surface area contributed by atoms with Gasteiger partial charge in [0.15, 0.2) is 0 Å². The highest BCUT2D eigenvalue weighted by Gasteiger charge is 2.41. The van der Waals surface area contributed by atoms with Crippen molar-refractivity contribution in [3.8, 4) is 5.75 Å². The molecule has 0 unspecified atom stereocenters. The molecule has 3 aromatic rings. The second-order valence-electron chi connectivity index (χ2n) is 7.35. The molecule has 3 aromatic carbocycles. The van der Waals surface area contributed by atoms with Gasteiger partial charge in [-0.1, -0.05) is 73.5 Å². The maximum atomic E-state index is 12.2. The zero-order valence-electron chi connectivity index (χ0n) is 16.0. The van der Waals surface area contributed by atoms with Gasteiger partial charge in [-0.05, 0) is 48.2 Å². The normalized spacial score (nSPS) is 15.1. The highest BCUT2D eigenvalue weighted by Crippen LogP contribution is 2.45. The van der Waals surface area contributed by atoms with E-state index < -0.39 is 0 Å². The number of rotatable bonds is 7. The number of anilines is 1. The summed E-state index contributed by atoms with van der Waals surface area (Å²) in [6, 6.07) is 28.4. The Morgan fingerprint density at radius 3 is 2.04 bits per heavy atom. The maximum absolute atomic E-state index is 12.2. The van der Waals surface area contributed by atoms with Gasteiger partial charge in [0.25, 0.3) is 0 Å². The number of amides is 1. The summed E-state index contributed by atoms with van der Waals surface area (Å²) < 4.78 is 5.89. The van der Waals surface area contributed by atoms with Crippen LogP contribution >= 0.6 is 0 Å². The van der Waals surface area contributed by atoms with E-state index in [-0.39, 0.29) is 5.54 Å². The fraction of sp³-hybridized carbons (Fsp3) is 0.240.